The van der Waals surface area contributed by atoms with Gasteiger partial charge in [0.15, 0.2) is 0 Å². The van der Waals surface area contributed by atoms with Crippen molar-refractivity contribution in [3.63, 3.8) is 0 Å². The summed E-state index contributed by atoms with van der Waals surface area (Å²) >= 11 is 0. The maximum atomic E-state index is 12.7. The number of hydrogen-bond donors (Lipinski definition) is 3. The van der Waals surface area contributed by atoms with Crippen molar-refractivity contribution in [2.24, 2.45) is 0 Å². The molecule has 0 bridgehead atoms. The van der Waals surface area contributed by atoms with E-state index in [0.717, 1.165) is 42.0 Å². The van der Waals surface area contributed by atoms with Crippen molar-refractivity contribution in [3.8, 4) is 0 Å². The first-order valence-corrected chi connectivity index (χ1v) is 11.5. The van der Waals surface area contributed by atoms with Gasteiger partial charge in [0, 0.05) is 28.7 Å². The van der Waals surface area contributed by atoms with Gasteiger partial charge < -0.3 is 15.2 Å². The van der Waals surface area contributed by atoms with Crippen LogP contribution in [0, 0.1) is 13.8 Å². The zero-order valence-electron chi connectivity index (χ0n) is 18.7. The normalized spacial score (nSPS) is 15.9. The number of carbonyl (C=O) groups is 1. The number of rotatable bonds is 8. The molecule has 2 aromatic rings. The summed E-state index contributed by atoms with van der Waals surface area (Å²) in [5.74, 6) is -0.134. The Hall–Kier alpha value is -2.22. The van der Waals surface area contributed by atoms with Crippen LogP contribution in [0.25, 0.3) is 11.6 Å². The molecule has 6 nitrogen and oxygen atoms in total. The molecule has 1 aromatic carbocycles. The fourth-order valence-corrected chi connectivity index (χ4v) is 4.74. The Bertz CT molecular complexity index is 1000. The second-order valence-electron chi connectivity index (χ2n) is 8.43. The summed E-state index contributed by atoms with van der Waals surface area (Å²) in [5, 5.41) is 2.92. The maximum absolute atomic E-state index is 12.7. The van der Waals surface area contributed by atoms with E-state index in [9.17, 15) is 9.00 Å². The van der Waals surface area contributed by atoms with E-state index >= 15 is 0 Å². The molecule has 162 valence electrons. The minimum absolute atomic E-state index is 0.101. The molecule has 1 unspecified atom stereocenters. The highest BCUT2D eigenvalue weighted by molar-refractivity contribution is 7.83. The Kier molecular flexibility index (Phi) is 6.95. The zero-order valence-corrected chi connectivity index (χ0v) is 19.5. The summed E-state index contributed by atoms with van der Waals surface area (Å²) in [6.45, 7) is 9.14. The first kappa shape index (κ1) is 22.5. The van der Waals surface area contributed by atoms with Crippen molar-refractivity contribution in [1.82, 2.24) is 14.6 Å². The first-order valence-electron chi connectivity index (χ1n) is 10.4. The molecule has 3 N–H and O–H groups in total. The van der Waals surface area contributed by atoms with Gasteiger partial charge in [0.2, 0.25) is 0 Å². The Morgan fingerprint density at radius 3 is 2.63 bits per heavy atom. The van der Waals surface area contributed by atoms with Crippen LogP contribution in [0.15, 0.2) is 23.1 Å². The van der Waals surface area contributed by atoms with Gasteiger partial charge in [-0.3, -0.25) is 4.79 Å². The highest BCUT2D eigenvalue weighted by Gasteiger charge is 2.26. The number of aryl methyl sites for hydroxylation is 1. The second-order valence-corrected chi connectivity index (χ2v) is 9.68. The highest BCUT2D eigenvalue weighted by Crippen LogP contribution is 2.35. The average Bonchev–Trinajstić information content (AvgIpc) is 3.11. The number of anilines is 1. The Morgan fingerprint density at radius 2 is 1.97 bits per heavy atom. The van der Waals surface area contributed by atoms with Gasteiger partial charge in [-0.15, -0.1) is 0 Å². The van der Waals surface area contributed by atoms with E-state index in [0.29, 0.717) is 10.5 Å². The van der Waals surface area contributed by atoms with Crippen LogP contribution in [0.4, 0.5) is 5.69 Å². The summed E-state index contributed by atoms with van der Waals surface area (Å²) in [6, 6.07) is 5.56. The molecule has 2 heterocycles. The van der Waals surface area contributed by atoms with Gasteiger partial charge in [-0.2, -0.15) is 0 Å². The molecular weight excluding hydrogens is 396 g/mol. The van der Waals surface area contributed by atoms with Gasteiger partial charge in [-0.05, 0) is 96.6 Å². The van der Waals surface area contributed by atoms with Crippen molar-refractivity contribution in [1.29, 1.82) is 0 Å². The van der Waals surface area contributed by atoms with Crippen LogP contribution in [0.3, 0.4) is 0 Å². The third-order valence-corrected chi connectivity index (χ3v) is 6.65. The quantitative estimate of drug-likeness (QED) is 0.562. The van der Waals surface area contributed by atoms with Gasteiger partial charge >= 0.3 is 0 Å². The molecule has 0 saturated carbocycles. The molecule has 30 heavy (non-hydrogen) atoms. The standard InChI is InChI=1S/C23H32N4O2S/c1-14(2)26-30(29)17-9-10-21-19(12-17)20(23(28)25-21)13-22-15(3)18(16(4)24-22)8-7-11-27(5)6/h9-10,12-14,24,26H,7-8,11H2,1-6H3,(H,25,28)/b20-13-. The van der Waals surface area contributed by atoms with Gasteiger partial charge in [-0.25, -0.2) is 8.93 Å². The molecule has 1 aromatic heterocycles. The molecule has 1 aliphatic heterocycles. The Balaban J connectivity index is 1.92. The number of aromatic nitrogens is 1. The number of carbonyl (C=O) groups excluding carboxylic acids is 1. The molecule has 0 spiro atoms. The van der Waals surface area contributed by atoms with Crippen LogP contribution in [0.5, 0.6) is 0 Å². The van der Waals surface area contributed by atoms with E-state index < -0.39 is 11.0 Å². The third-order valence-electron chi connectivity index (χ3n) is 5.28. The number of hydrogen-bond acceptors (Lipinski definition) is 3. The lowest BCUT2D eigenvalue weighted by Gasteiger charge is -2.09. The number of nitrogens with one attached hydrogen (secondary N) is 3. The Morgan fingerprint density at radius 1 is 1.23 bits per heavy atom. The van der Waals surface area contributed by atoms with E-state index in [2.05, 4.69) is 47.9 Å². The monoisotopic (exact) mass is 428 g/mol. The summed E-state index contributed by atoms with van der Waals surface area (Å²) in [7, 11) is 2.85. The number of fused-ring (bicyclic) bond motifs is 1. The summed E-state index contributed by atoms with van der Waals surface area (Å²) in [4.78, 5) is 19.0. The fraction of sp³-hybridized carbons (Fsp3) is 0.435. The minimum Gasteiger partial charge on any atom is -0.359 e. The van der Waals surface area contributed by atoms with Crippen molar-refractivity contribution in [3.05, 3.63) is 46.3 Å². The number of amides is 1. The largest absolute Gasteiger partial charge is 0.359 e. The molecule has 0 saturated heterocycles. The summed E-state index contributed by atoms with van der Waals surface area (Å²) < 4.78 is 15.5. The molecule has 0 radical (unpaired) electrons. The lowest BCUT2D eigenvalue weighted by molar-refractivity contribution is -0.110. The third kappa shape index (κ3) is 4.91. The number of nitrogens with zero attached hydrogens (tertiary/aromatic N) is 1. The Labute approximate surface area is 181 Å². The minimum atomic E-state index is -1.32. The molecule has 0 fully saturated rings. The second kappa shape index (κ2) is 9.29. The number of benzene rings is 1. The van der Waals surface area contributed by atoms with Crippen LogP contribution in [-0.4, -0.2) is 46.7 Å². The zero-order chi connectivity index (χ0) is 22.0. The first-order chi connectivity index (χ1) is 14.2. The summed E-state index contributed by atoms with van der Waals surface area (Å²) in [6.07, 6.45) is 4.01. The molecule has 3 rings (SSSR count). The number of H-pyrrole nitrogens is 1. The molecule has 0 aliphatic carbocycles. The van der Waals surface area contributed by atoms with Gasteiger partial charge in [0.25, 0.3) is 5.91 Å². The lowest BCUT2D eigenvalue weighted by Crippen LogP contribution is -2.25. The van der Waals surface area contributed by atoms with Crippen LogP contribution in [0.1, 0.15) is 48.3 Å². The smallest absolute Gasteiger partial charge is 0.256 e. The topological polar surface area (TPSA) is 77.2 Å². The highest BCUT2D eigenvalue weighted by atomic mass is 32.2. The van der Waals surface area contributed by atoms with Crippen molar-refractivity contribution in [2.45, 2.75) is 51.5 Å². The molecule has 1 amide bonds. The molecule has 1 atom stereocenters. The SMILES string of the molecule is Cc1[nH]c(/C=C2\C(=O)Nc3ccc(S(=O)NC(C)C)cc32)c(C)c1CCCN(C)C. The predicted molar refractivity (Wildman–Crippen MR) is 125 cm³/mol. The number of aromatic amines is 1. The van der Waals surface area contributed by atoms with Gasteiger partial charge in [0.1, 0.15) is 11.0 Å². The van der Waals surface area contributed by atoms with Crippen LogP contribution < -0.4 is 10.0 Å². The van der Waals surface area contributed by atoms with E-state index in [1.54, 1.807) is 6.07 Å². The van der Waals surface area contributed by atoms with Crippen molar-refractivity contribution < 1.29 is 9.00 Å². The van der Waals surface area contributed by atoms with Gasteiger partial charge in [-0.1, -0.05) is 0 Å². The summed E-state index contributed by atoms with van der Waals surface area (Å²) in [5.41, 5.74) is 6.74. The van der Waals surface area contributed by atoms with E-state index in [4.69, 9.17) is 0 Å². The van der Waals surface area contributed by atoms with Crippen LogP contribution >= 0.6 is 0 Å². The molecule has 7 heteroatoms. The molecule has 1 aliphatic rings. The maximum Gasteiger partial charge on any atom is 0.256 e. The van der Waals surface area contributed by atoms with Crippen LogP contribution in [0.2, 0.25) is 0 Å². The van der Waals surface area contributed by atoms with Gasteiger partial charge in [0.05, 0.1) is 10.5 Å². The van der Waals surface area contributed by atoms with Crippen molar-refractivity contribution in [2.75, 3.05) is 26.0 Å². The predicted octanol–water partition coefficient (Wildman–Crippen LogP) is 3.64. The van der Waals surface area contributed by atoms with Crippen molar-refractivity contribution >= 4 is 34.2 Å². The van der Waals surface area contributed by atoms with E-state index in [1.165, 1.54) is 11.1 Å². The lowest BCUT2D eigenvalue weighted by atomic mass is 10.0. The average molecular weight is 429 g/mol. The van der Waals surface area contributed by atoms with Crippen LogP contribution in [-0.2, 0) is 22.2 Å². The fourth-order valence-electron chi connectivity index (χ4n) is 3.76. The van der Waals surface area contributed by atoms with E-state index in [1.807, 2.05) is 32.1 Å². The molecular formula is C23H32N4O2S. The van der Waals surface area contributed by atoms with E-state index in [-0.39, 0.29) is 11.9 Å².